The molecular weight excluding hydrogens is 218 g/mol. The van der Waals surface area contributed by atoms with Crippen molar-refractivity contribution >= 4 is 11.7 Å². The van der Waals surface area contributed by atoms with Crippen LogP contribution >= 0.6 is 0 Å². The Morgan fingerprint density at radius 2 is 2.12 bits per heavy atom. The molecule has 2 aliphatic rings. The van der Waals surface area contributed by atoms with Crippen LogP contribution in [0.25, 0.3) is 0 Å². The standard InChI is InChI=1S/C12H13N3O2/c1-5-2-3-7-6(4-5)8-9(12(17)14-7)10(13)15-11(8)16/h5H,2-4H2,1H3,(H,14,17)(H2,13,15,16)/t5-/m1/s1. The van der Waals surface area contributed by atoms with Gasteiger partial charge >= 0.3 is 0 Å². The lowest BCUT2D eigenvalue weighted by Gasteiger charge is -2.22. The molecule has 0 aromatic carbocycles. The van der Waals surface area contributed by atoms with Crippen LogP contribution in [-0.2, 0) is 12.8 Å². The molecule has 0 bridgehead atoms. The molecule has 88 valence electrons. The van der Waals surface area contributed by atoms with E-state index in [0.717, 1.165) is 30.5 Å². The van der Waals surface area contributed by atoms with Gasteiger partial charge in [-0.2, -0.15) is 4.99 Å². The number of nitrogens with zero attached hydrogens (tertiary/aromatic N) is 1. The van der Waals surface area contributed by atoms with Crippen LogP contribution in [0, 0.1) is 5.92 Å². The molecule has 3 N–H and O–H groups in total. The number of nitrogens with one attached hydrogen (secondary N) is 1. The van der Waals surface area contributed by atoms with E-state index < -0.39 is 0 Å². The van der Waals surface area contributed by atoms with Gasteiger partial charge in [0.25, 0.3) is 11.5 Å². The first-order valence-electron chi connectivity index (χ1n) is 5.75. The Bertz CT molecular complexity index is 613. The first-order chi connectivity index (χ1) is 8.08. The maximum absolute atomic E-state index is 11.9. The summed E-state index contributed by atoms with van der Waals surface area (Å²) in [4.78, 5) is 30.2. The molecule has 3 rings (SSSR count). The van der Waals surface area contributed by atoms with Crippen LogP contribution in [0.2, 0.25) is 0 Å². The van der Waals surface area contributed by atoms with Crippen molar-refractivity contribution in [3.8, 4) is 0 Å². The van der Waals surface area contributed by atoms with Crippen LogP contribution in [-0.4, -0.2) is 16.7 Å². The third-order valence-electron chi connectivity index (χ3n) is 3.54. The highest BCUT2D eigenvalue weighted by Gasteiger charge is 2.31. The zero-order chi connectivity index (χ0) is 12.2. The fourth-order valence-corrected chi connectivity index (χ4v) is 2.67. The van der Waals surface area contributed by atoms with Crippen molar-refractivity contribution in [2.24, 2.45) is 16.6 Å². The van der Waals surface area contributed by atoms with Crippen LogP contribution in [0.4, 0.5) is 0 Å². The Morgan fingerprint density at radius 3 is 2.88 bits per heavy atom. The molecule has 5 heteroatoms. The summed E-state index contributed by atoms with van der Waals surface area (Å²) in [6.07, 6.45) is 2.65. The number of amidine groups is 1. The summed E-state index contributed by atoms with van der Waals surface area (Å²) < 4.78 is 0. The average Bonchev–Trinajstić information content (AvgIpc) is 2.56. The van der Waals surface area contributed by atoms with Gasteiger partial charge in [0.1, 0.15) is 5.84 Å². The number of aromatic nitrogens is 1. The second-order valence-corrected chi connectivity index (χ2v) is 4.81. The summed E-state index contributed by atoms with van der Waals surface area (Å²) >= 11 is 0. The number of hydrogen-bond donors (Lipinski definition) is 2. The highest BCUT2D eigenvalue weighted by molar-refractivity contribution is 6.20. The highest BCUT2D eigenvalue weighted by atomic mass is 16.2. The summed E-state index contributed by atoms with van der Waals surface area (Å²) in [6, 6.07) is 0. The van der Waals surface area contributed by atoms with Gasteiger partial charge in [-0.25, -0.2) is 0 Å². The second-order valence-electron chi connectivity index (χ2n) is 4.81. The number of nitrogens with two attached hydrogens (primary N) is 1. The average molecular weight is 231 g/mol. The van der Waals surface area contributed by atoms with Crippen LogP contribution < -0.4 is 11.3 Å². The predicted octanol–water partition coefficient (Wildman–Crippen LogP) is 0.359. The molecule has 5 nitrogen and oxygen atoms in total. The number of hydrogen-bond acceptors (Lipinski definition) is 3. The van der Waals surface area contributed by atoms with Gasteiger partial charge in [0.2, 0.25) is 0 Å². The Labute approximate surface area is 97.8 Å². The number of rotatable bonds is 0. The molecule has 2 heterocycles. The van der Waals surface area contributed by atoms with E-state index in [1.54, 1.807) is 0 Å². The molecule has 1 aliphatic heterocycles. The van der Waals surface area contributed by atoms with E-state index >= 15 is 0 Å². The van der Waals surface area contributed by atoms with Crippen LogP contribution in [0.15, 0.2) is 9.79 Å². The van der Waals surface area contributed by atoms with E-state index in [0.29, 0.717) is 11.5 Å². The number of carbonyl (C=O) groups excluding carboxylic acids is 1. The van der Waals surface area contributed by atoms with Gasteiger partial charge in [-0.3, -0.25) is 9.59 Å². The van der Waals surface area contributed by atoms with E-state index in [9.17, 15) is 9.59 Å². The molecule has 17 heavy (non-hydrogen) atoms. The normalized spacial score (nSPS) is 22.1. The highest BCUT2D eigenvalue weighted by Crippen LogP contribution is 2.29. The maximum atomic E-state index is 11.9. The molecule has 0 unspecified atom stereocenters. The lowest BCUT2D eigenvalue weighted by Crippen LogP contribution is -2.28. The molecule has 1 aliphatic carbocycles. The number of carbonyl (C=O) groups is 1. The minimum Gasteiger partial charge on any atom is -0.383 e. The van der Waals surface area contributed by atoms with Gasteiger partial charge in [-0.15, -0.1) is 0 Å². The van der Waals surface area contributed by atoms with Gasteiger partial charge in [0.15, 0.2) is 0 Å². The number of aryl methyl sites for hydroxylation is 1. The van der Waals surface area contributed by atoms with Crippen molar-refractivity contribution < 1.29 is 4.79 Å². The molecule has 0 saturated carbocycles. The van der Waals surface area contributed by atoms with Gasteiger partial charge in [-0.1, -0.05) is 6.92 Å². The van der Waals surface area contributed by atoms with Gasteiger partial charge in [-0.05, 0) is 30.7 Å². The summed E-state index contributed by atoms with van der Waals surface area (Å²) in [6.45, 7) is 2.14. The first-order valence-corrected chi connectivity index (χ1v) is 5.75. The van der Waals surface area contributed by atoms with Gasteiger partial charge in [0.05, 0.1) is 11.1 Å². The number of aromatic amines is 1. The number of amides is 1. The molecule has 0 radical (unpaired) electrons. The Hall–Kier alpha value is -1.91. The monoisotopic (exact) mass is 231 g/mol. The van der Waals surface area contributed by atoms with E-state index in [1.165, 1.54) is 0 Å². The Balaban J connectivity index is 2.32. The summed E-state index contributed by atoms with van der Waals surface area (Å²) in [5, 5.41) is 0. The van der Waals surface area contributed by atoms with Crippen molar-refractivity contribution in [1.29, 1.82) is 0 Å². The Morgan fingerprint density at radius 1 is 1.35 bits per heavy atom. The molecule has 0 spiro atoms. The maximum Gasteiger partial charge on any atom is 0.280 e. The molecule has 1 aromatic rings. The topological polar surface area (TPSA) is 88.3 Å². The van der Waals surface area contributed by atoms with Crippen molar-refractivity contribution in [1.82, 2.24) is 4.98 Å². The van der Waals surface area contributed by atoms with Gasteiger partial charge < -0.3 is 10.7 Å². The van der Waals surface area contributed by atoms with Crippen molar-refractivity contribution in [2.75, 3.05) is 0 Å². The molecular formula is C12H13N3O2. The van der Waals surface area contributed by atoms with E-state index in [2.05, 4.69) is 16.9 Å². The minimum atomic E-state index is -0.367. The lowest BCUT2D eigenvalue weighted by atomic mass is 9.84. The van der Waals surface area contributed by atoms with Crippen molar-refractivity contribution in [3.63, 3.8) is 0 Å². The lowest BCUT2D eigenvalue weighted by molar-refractivity contribution is 0.100. The van der Waals surface area contributed by atoms with Crippen LogP contribution in [0.3, 0.4) is 0 Å². The Kier molecular flexibility index (Phi) is 1.98. The van der Waals surface area contributed by atoms with E-state index in [4.69, 9.17) is 5.73 Å². The molecule has 0 fully saturated rings. The van der Waals surface area contributed by atoms with Gasteiger partial charge in [0, 0.05) is 5.69 Å². The fourth-order valence-electron chi connectivity index (χ4n) is 2.67. The third kappa shape index (κ3) is 1.35. The van der Waals surface area contributed by atoms with Crippen molar-refractivity contribution in [3.05, 3.63) is 32.7 Å². The zero-order valence-corrected chi connectivity index (χ0v) is 9.54. The van der Waals surface area contributed by atoms with Crippen LogP contribution in [0.5, 0.6) is 0 Å². The predicted molar refractivity (Wildman–Crippen MR) is 63.3 cm³/mol. The second kappa shape index (κ2) is 3.29. The number of pyridine rings is 1. The molecule has 1 amide bonds. The first kappa shape index (κ1) is 10.3. The van der Waals surface area contributed by atoms with Crippen LogP contribution in [0.1, 0.15) is 40.5 Å². The largest absolute Gasteiger partial charge is 0.383 e. The minimum absolute atomic E-state index is 0.0484. The number of H-pyrrole nitrogens is 1. The number of aliphatic imine (C=N–C) groups is 1. The summed E-state index contributed by atoms with van der Waals surface area (Å²) in [7, 11) is 0. The summed E-state index contributed by atoms with van der Waals surface area (Å²) in [5.74, 6) is 0.202. The van der Waals surface area contributed by atoms with E-state index in [-0.39, 0.29) is 22.9 Å². The fraction of sp³-hybridized carbons (Fsp3) is 0.417. The van der Waals surface area contributed by atoms with E-state index in [1.807, 2.05) is 0 Å². The van der Waals surface area contributed by atoms with Crippen molar-refractivity contribution in [2.45, 2.75) is 26.2 Å². The SMILES string of the molecule is C[C@@H]1CCc2[nH]c(=O)c3c(c2C1)C(=O)N=C3N. The molecule has 0 saturated heterocycles. The third-order valence-corrected chi connectivity index (χ3v) is 3.54. The molecule has 1 aromatic heterocycles. The zero-order valence-electron chi connectivity index (χ0n) is 9.54. The molecule has 1 atom stereocenters. The quantitative estimate of drug-likeness (QED) is 0.675. The number of fused-ring (bicyclic) bond motifs is 3. The summed E-state index contributed by atoms with van der Waals surface area (Å²) in [5.41, 5.74) is 7.84. The smallest absolute Gasteiger partial charge is 0.280 e.